The van der Waals surface area contributed by atoms with Crippen LogP contribution >= 0.6 is 11.6 Å². The van der Waals surface area contributed by atoms with Crippen molar-refractivity contribution in [3.63, 3.8) is 0 Å². The predicted octanol–water partition coefficient (Wildman–Crippen LogP) is 1.43. The molecule has 2 aromatic rings. The summed E-state index contributed by atoms with van der Waals surface area (Å²) in [6.45, 7) is 2.83. The molecule has 0 spiro atoms. The molecule has 0 amide bonds. The molecular weight excluding hydrogens is 418 g/mol. The Balaban J connectivity index is 1.44. The summed E-state index contributed by atoms with van der Waals surface area (Å²) in [5, 5.41) is 7.49. The van der Waals surface area contributed by atoms with E-state index in [1.54, 1.807) is 19.2 Å². The van der Waals surface area contributed by atoms with Crippen LogP contribution in [0.5, 0.6) is 5.75 Å². The van der Waals surface area contributed by atoms with Gasteiger partial charge in [0.25, 0.3) is 0 Å². The minimum Gasteiger partial charge on any atom is -0.490 e. The highest BCUT2D eigenvalue weighted by atomic mass is 35.5. The van der Waals surface area contributed by atoms with Gasteiger partial charge in [-0.05, 0) is 12.1 Å². The molecule has 9 nitrogen and oxygen atoms in total. The molecule has 1 aliphatic heterocycles. The number of nitrogens with zero attached hydrogens (tertiary/aromatic N) is 4. The van der Waals surface area contributed by atoms with Crippen LogP contribution in [0, 0.1) is 0 Å². The average molecular weight is 442 g/mol. The number of halogens is 1. The first-order valence-corrected chi connectivity index (χ1v) is 11.2. The third kappa shape index (κ3) is 5.84. The van der Waals surface area contributed by atoms with Gasteiger partial charge in [-0.25, -0.2) is 8.42 Å². The third-order valence-corrected chi connectivity index (χ3v) is 6.57. The van der Waals surface area contributed by atoms with Crippen molar-refractivity contribution in [2.75, 3.05) is 46.4 Å². The van der Waals surface area contributed by atoms with Crippen LogP contribution in [0.25, 0.3) is 0 Å². The zero-order valence-corrected chi connectivity index (χ0v) is 17.7. The third-order valence-electron chi connectivity index (χ3n) is 4.44. The summed E-state index contributed by atoms with van der Waals surface area (Å²) in [7, 11) is -1.73. The van der Waals surface area contributed by atoms with E-state index in [2.05, 4.69) is 15.5 Å². The van der Waals surface area contributed by atoms with Gasteiger partial charge in [0.2, 0.25) is 10.0 Å². The highest BCUT2D eigenvalue weighted by molar-refractivity contribution is 7.88. The van der Waals surface area contributed by atoms with Crippen LogP contribution in [0.15, 0.2) is 46.1 Å². The second-order valence-electron chi connectivity index (χ2n) is 6.39. The van der Waals surface area contributed by atoms with E-state index in [4.69, 9.17) is 20.9 Å². The Labute approximate surface area is 175 Å². The Morgan fingerprint density at radius 1 is 1.28 bits per heavy atom. The van der Waals surface area contributed by atoms with Gasteiger partial charge < -0.3 is 19.5 Å². The molecular formula is C18H24ClN5O4S. The summed E-state index contributed by atoms with van der Waals surface area (Å²) in [6.07, 6.45) is 1.37. The fraction of sp³-hybridized carbons (Fsp3) is 0.444. The number of guanidine groups is 1. The molecule has 3 rings (SSSR count). The number of aromatic nitrogens is 1. The number of nitrogens with one attached hydrogen (secondary N) is 1. The molecule has 1 saturated heterocycles. The topological polar surface area (TPSA) is 100 Å². The molecule has 1 aromatic carbocycles. The van der Waals surface area contributed by atoms with Crippen LogP contribution in [0.3, 0.4) is 0 Å². The lowest BCUT2D eigenvalue weighted by molar-refractivity contribution is 0.257. The lowest BCUT2D eigenvalue weighted by Gasteiger charge is -2.35. The fourth-order valence-electron chi connectivity index (χ4n) is 2.99. The van der Waals surface area contributed by atoms with Gasteiger partial charge in [-0.15, -0.1) is 0 Å². The maximum absolute atomic E-state index is 12.5. The minimum absolute atomic E-state index is 0.157. The first kappa shape index (κ1) is 21.4. The van der Waals surface area contributed by atoms with E-state index in [0.29, 0.717) is 61.8 Å². The first-order valence-electron chi connectivity index (χ1n) is 9.19. The molecule has 11 heteroatoms. The van der Waals surface area contributed by atoms with Crippen LogP contribution in [0.1, 0.15) is 5.69 Å². The highest BCUT2D eigenvalue weighted by Crippen LogP contribution is 2.22. The second kappa shape index (κ2) is 9.95. The highest BCUT2D eigenvalue weighted by Gasteiger charge is 2.28. The maximum atomic E-state index is 12.5. The summed E-state index contributed by atoms with van der Waals surface area (Å²) >= 11 is 6.07. The number of rotatable bonds is 7. The van der Waals surface area contributed by atoms with Crippen molar-refractivity contribution in [3.05, 3.63) is 47.3 Å². The minimum atomic E-state index is -3.43. The molecule has 0 atom stereocenters. The van der Waals surface area contributed by atoms with Crippen LogP contribution in [0.2, 0.25) is 5.02 Å². The van der Waals surface area contributed by atoms with E-state index in [1.165, 1.54) is 10.6 Å². The van der Waals surface area contributed by atoms with E-state index < -0.39 is 10.0 Å². The Morgan fingerprint density at radius 2 is 2.03 bits per heavy atom. The van der Waals surface area contributed by atoms with Crippen molar-refractivity contribution >= 4 is 27.6 Å². The first-order chi connectivity index (χ1) is 14.0. The molecule has 1 fully saturated rings. The van der Waals surface area contributed by atoms with Crippen LogP contribution in [-0.2, 0) is 15.8 Å². The van der Waals surface area contributed by atoms with Gasteiger partial charge in [-0.3, -0.25) is 4.99 Å². The van der Waals surface area contributed by atoms with Gasteiger partial charge in [-0.2, -0.15) is 4.31 Å². The number of hydrogen-bond acceptors (Lipinski definition) is 6. The molecule has 0 bridgehead atoms. The zero-order valence-electron chi connectivity index (χ0n) is 16.1. The summed E-state index contributed by atoms with van der Waals surface area (Å²) in [6, 6.07) is 8.87. The van der Waals surface area contributed by atoms with E-state index >= 15 is 0 Å². The van der Waals surface area contributed by atoms with Gasteiger partial charge in [0, 0.05) is 39.3 Å². The number of piperazine rings is 1. The maximum Gasteiger partial charge on any atom is 0.220 e. The van der Waals surface area contributed by atoms with E-state index in [9.17, 15) is 8.42 Å². The number of aliphatic imine (C=N–C) groups is 1. The molecule has 1 N–H and O–H groups in total. The van der Waals surface area contributed by atoms with E-state index in [0.717, 1.165) is 0 Å². The van der Waals surface area contributed by atoms with E-state index in [-0.39, 0.29) is 5.75 Å². The molecule has 2 heterocycles. The SMILES string of the molecule is CN=C(NCCOc1ccccc1Cl)N1CCN(S(=O)(=O)Cc2ccon2)CC1. The fourth-order valence-corrected chi connectivity index (χ4v) is 4.60. The normalized spacial score (nSPS) is 16.1. The van der Waals surface area contributed by atoms with Crippen molar-refractivity contribution in [2.24, 2.45) is 4.99 Å². The quantitative estimate of drug-likeness (QED) is 0.394. The number of sulfonamides is 1. The lowest BCUT2D eigenvalue weighted by atomic mass is 10.3. The molecule has 1 aliphatic rings. The number of hydrogen-bond donors (Lipinski definition) is 1. The number of benzene rings is 1. The number of para-hydroxylation sites is 1. The van der Waals surface area contributed by atoms with Crippen molar-refractivity contribution in [1.29, 1.82) is 0 Å². The summed E-state index contributed by atoms with van der Waals surface area (Å²) in [5.41, 5.74) is 0.406. The van der Waals surface area contributed by atoms with Crippen molar-refractivity contribution in [2.45, 2.75) is 5.75 Å². The predicted molar refractivity (Wildman–Crippen MR) is 111 cm³/mol. The molecule has 29 heavy (non-hydrogen) atoms. The van der Waals surface area contributed by atoms with E-state index in [1.807, 2.05) is 23.1 Å². The Hall–Kier alpha value is -2.30. The van der Waals surface area contributed by atoms with Gasteiger partial charge in [0.1, 0.15) is 24.4 Å². The summed E-state index contributed by atoms with van der Waals surface area (Å²) < 4.78 is 36.9. The molecule has 0 aliphatic carbocycles. The Kier molecular flexibility index (Phi) is 7.34. The van der Waals surface area contributed by atoms with Gasteiger partial charge >= 0.3 is 0 Å². The van der Waals surface area contributed by atoms with Crippen molar-refractivity contribution in [3.8, 4) is 5.75 Å². The molecule has 1 aromatic heterocycles. The standard InChI is InChI=1S/C18H24ClN5O4S/c1-20-18(21-7-13-27-17-5-3-2-4-16(17)19)23-8-10-24(11-9-23)29(25,26)14-15-6-12-28-22-15/h2-6,12H,7-11,13-14H2,1H3,(H,20,21). The molecule has 0 unspecified atom stereocenters. The van der Waals surface area contributed by atoms with Gasteiger partial charge in [-0.1, -0.05) is 28.9 Å². The lowest BCUT2D eigenvalue weighted by Crippen LogP contribution is -2.54. The largest absolute Gasteiger partial charge is 0.490 e. The monoisotopic (exact) mass is 441 g/mol. The zero-order chi connectivity index (χ0) is 20.7. The second-order valence-corrected chi connectivity index (χ2v) is 8.76. The van der Waals surface area contributed by atoms with Crippen LogP contribution < -0.4 is 10.1 Å². The molecule has 0 radical (unpaired) electrons. The Bertz CT molecular complexity index is 912. The molecule has 0 saturated carbocycles. The summed E-state index contributed by atoms with van der Waals surface area (Å²) in [5.74, 6) is 1.19. The Morgan fingerprint density at radius 3 is 2.69 bits per heavy atom. The summed E-state index contributed by atoms with van der Waals surface area (Å²) in [4.78, 5) is 6.31. The van der Waals surface area contributed by atoms with Crippen LogP contribution in [0.4, 0.5) is 0 Å². The van der Waals surface area contributed by atoms with Gasteiger partial charge in [0.15, 0.2) is 5.96 Å². The average Bonchev–Trinajstić information content (AvgIpc) is 3.22. The van der Waals surface area contributed by atoms with Crippen molar-refractivity contribution < 1.29 is 17.7 Å². The molecule has 158 valence electrons. The van der Waals surface area contributed by atoms with Gasteiger partial charge in [0.05, 0.1) is 17.3 Å². The van der Waals surface area contributed by atoms with Crippen LogP contribution in [-0.4, -0.2) is 75.1 Å². The number of ether oxygens (including phenoxy) is 1. The van der Waals surface area contributed by atoms with Crippen molar-refractivity contribution in [1.82, 2.24) is 19.7 Å². The smallest absolute Gasteiger partial charge is 0.220 e.